The van der Waals surface area contributed by atoms with Gasteiger partial charge in [0, 0.05) is 5.71 Å². The van der Waals surface area contributed by atoms with Gasteiger partial charge in [0.1, 0.15) is 5.75 Å². The van der Waals surface area contributed by atoms with Gasteiger partial charge in [-0.25, -0.2) is 5.43 Å². The summed E-state index contributed by atoms with van der Waals surface area (Å²) in [5.74, 6) is 0.687. The number of carbonyl (C=O) groups is 1. The fourth-order valence-electron chi connectivity index (χ4n) is 1.54. The quantitative estimate of drug-likeness (QED) is 0.621. The van der Waals surface area contributed by atoms with Gasteiger partial charge in [0.2, 0.25) is 5.91 Å². The Morgan fingerprint density at radius 2 is 2.00 bits per heavy atom. The average Bonchev–Trinajstić information content (AvgIpc) is 2.38. The van der Waals surface area contributed by atoms with Crippen molar-refractivity contribution in [2.24, 2.45) is 5.10 Å². The van der Waals surface area contributed by atoms with Crippen molar-refractivity contribution >= 4 is 11.6 Å². The predicted molar refractivity (Wildman–Crippen MR) is 72.9 cm³/mol. The maximum Gasteiger partial charge on any atom is 0.244 e. The molecular weight excluding hydrogens is 228 g/mol. The summed E-state index contributed by atoms with van der Waals surface area (Å²) in [4.78, 5) is 11.6. The monoisotopic (exact) mass is 248 g/mol. The number of ether oxygens (including phenoxy) is 1. The van der Waals surface area contributed by atoms with Gasteiger partial charge < -0.3 is 4.74 Å². The third kappa shape index (κ3) is 4.99. The van der Waals surface area contributed by atoms with Crippen molar-refractivity contribution in [2.45, 2.75) is 33.1 Å². The van der Waals surface area contributed by atoms with E-state index in [9.17, 15) is 4.79 Å². The zero-order valence-electron chi connectivity index (χ0n) is 11.2. The molecule has 0 aliphatic rings. The molecule has 0 spiro atoms. The number of methoxy groups -OCH3 is 1. The number of benzene rings is 1. The highest BCUT2D eigenvalue weighted by Gasteiger charge is 2.02. The van der Waals surface area contributed by atoms with E-state index in [0.29, 0.717) is 6.42 Å². The van der Waals surface area contributed by atoms with Gasteiger partial charge in [0.05, 0.1) is 13.5 Å². The molecule has 4 nitrogen and oxygen atoms in total. The highest BCUT2D eigenvalue weighted by molar-refractivity contribution is 5.84. The van der Waals surface area contributed by atoms with Crippen LogP contribution >= 0.6 is 0 Å². The Hall–Kier alpha value is -1.84. The molecule has 1 rings (SSSR count). The Kier molecular flexibility index (Phi) is 5.91. The number of amides is 1. The van der Waals surface area contributed by atoms with Crippen molar-refractivity contribution in [3.05, 3.63) is 29.8 Å². The van der Waals surface area contributed by atoms with E-state index >= 15 is 0 Å². The highest BCUT2D eigenvalue weighted by atomic mass is 16.5. The minimum atomic E-state index is -0.101. The Morgan fingerprint density at radius 1 is 1.33 bits per heavy atom. The van der Waals surface area contributed by atoms with Crippen molar-refractivity contribution in [1.29, 1.82) is 0 Å². The van der Waals surface area contributed by atoms with Gasteiger partial charge in [-0.3, -0.25) is 4.79 Å². The predicted octanol–water partition coefficient (Wildman–Crippen LogP) is 2.53. The number of carbonyl (C=O) groups excluding carboxylic acids is 1. The summed E-state index contributed by atoms with van der Waals surface area (Å²) in [7, 11) is 1.62. The Bertz CT molecular complexity index is 410. The van der Waals surface area contributed by atoms with Gasteiger partial charge in [0.25, 0.3) is 0 Å². The van der Waals surface area contributed by atoms with Gasteiger partial charge in [-0.1, -0.05) is 25.5 Å². The van der Waals surface area contributed by atoms with Gasteiger partial charge >= 0.3 is 0 Å². The Balaban J connectivity index is 2.46. The van der Waals surface area contributed by atoms with E-state index in [2.05, 4.69) is 17.5 Å². The molecule has 0 aliphatic heterocycles. The van der Waals surface area contributed by atoms with Crippen LogP contribution in [0, 0.1) is 0 Å². The molecule has 18 heavy (non-hydrogen) atoms. The van der Waals surface area contributed by atoms with Crippen LogP contribution in [0.25, 0.3) is 0 Å². The fourth-order valence-corrected chi connectivity index (χ4v) is 1.54. The third-order valence-corrected chi connectivity index (χ3v) is 2.51. The summed E-state index contributed by atoms with van der Waals surface area (Å²) in [6.45, 7) is 4.00. The molecule has 1 amide bonds. The van der Waals surface area contributed by atoms with Crippen LogP contribution in [0.2, 0.25) is 0 Å². The maximum atomic E-state index is 11.6. The van der Waals surface area contributed by atoms with E-state index in [4.69, 9.17) is 4.74 Å². The zero-order valence-corrected chi connectivity index (χ0v) is 11.2. The molecule has 4 heteroatoms. The second-order valence-corrected chi connectivity index (χ2v) is 4.16. The van der Waals surface area contributed by atoms with Gasteiger partial charge in [-0.2, -0.15) is 5.10 Å². The van der Waals surface area contributed by atoms with Crippen LogP contribution in [0.1, 0.15) is 32.3 Å². The summed E-state index contributed by atoms with van der Waals surface area (Å²) in [6, 6.07) is 7.44. The van der Waals surface area contributed by atoms with Crippen molar-refractivity contribution in [2.75, 3.05) is 7.11 Å². The van der Waals surface area contributed by atoms with Crippen molar-refractivity contribution in [3.8, 4) is 5.75 Å². The fraction of sp³-hybridized carbons (Fsp3) is 0.429. The summed E-state index contributed by atoms with van der Waals surface area (Å²) in [6.07, 6.45) is 2.26. The van der Waals surface area contributed by atoms with Crippen LogP contribution in [0.15, 0.2) is 29.4 Å². The first-order valence-corrected chi connectivity index (χ1v) is 6.10. The summed E-state index contributed by atoms with van der Waals surface area (Å²) in [5, 5.41) is 4.04. The molecule has 0 aromatic heterocycles. The molecule has 0 bridgehead atoms. The molecule has 0 heterocycles. The minimum absolute atomic E-state index is 0.101. The van der Waals surface area contributed by atoms with E-state index in [-0.39, 0.29) is 5.91 Å². The lowest BCUT2D eigenvalue weighted by molar-refractivity contribution is -0.120. The second-order valence-electron chi connectivity index (χ2n) is 4.16. The van der Waals surface area contributed by atoms with E-state index < -0.39 is 0 Å². The van der Waals surface area contributed by atoms with E-state index in [1.165, 1.54) is 0 Å². The van der Waals surface area contributed by atoms with Crippen LogP contribution in [0.3, 0.4) is 0 Å². The number of rotatable bonds is 6. The molecule has 0 saturated heterocycles. The largest absolute Gasteiger partial charge is 0.497 e. The molecular formula is C14H20N2O2. The molecule has 98 valence electrons. The zero-order chi connectivity index (χ0) is 13.4. The standard InChI is InChI=1S/C14H20N2O2/c1-4-5-11(2)15-16-14(17)10-12-6-8-13(18-3)9-7-12/h6-9H,4-5,10H2,1-3H3,(H,16,17)/b15-11+. The van der Waals surface area contributed by atoms with E-state index in [0.717, 1.165) is 29.9 Å². The molecule has 1 N–H and O–H groups in total. The van der Waals surface area contributed by atoms with Crippen LogP contribution in [-0.2, 0) is 11.2 Å². The summed E-state index contributed by atoms with van der Waals surface area (Å²) < 4.78 is 5.06. The number of nitrogens with one attached hydrogen (secondary N) is 1. The van der Waals surface area contributed by atoms with Crippen LogP contribution in [0.4, 0.5) is 0 Å². The van der Waals surface area contributed by atoms with Gasteiger partial charge in [0.15, 0.2) is 0 Å². The molecule has 0 radical (unpaired) electrons. The highest BCUT2D eigenvalue weighted by Crippen LogP contribution is 2.11. The lowest BCUT2D eigenvalue weighted by atomic mass is 10.1. The number of hydrogen-bond acceptors (Lipinski definition) is 3. The Morgan fingerprint density at radius 3 is 2.56 bits per heavy atom. The topological polar surface area (TPSA) is 50.7 Å². The van der Waals surface area contributed by atoms with Crippen molar-refractivity contribution < 1.29 is 9.53 Å². The Labute approximate surface area is 108 Å². The van der Waals surface area contributed by atoms with Crippen molar-refractivity contribution in [1.82, 2.24) is 5.43 Å². The third-order valence-electron chi connectivity index (χ3n) is 2.51. The van der Waals surface area contributed by atoms with Crippen LogP contribution in [-0.4, -0.2) is 18.7 Å². The molecule has 0 unspecified atom stereocenters. The first-order valence-electron chi connectivity index (χ1n) is 6.10. The van der Waals surface area contributed by atoms with Gasteiger partial charge in [-0.05, 0) is 31.0 Å². The summed E-state index contributed by atoms with van der Waals surface area (Å²) in [5.41, 5.74) is 4.45. The van der Waals surface area contributed by atoms with Gasteiger partial charge in [-0.15, -0.1) is 0 Å². The minimum Gasteiger partial charge on any atom is -0.497 e. The SMILES string of the molecule is CCC/C(C)=N/NC(=O)Cc1ccc(OC)cc1. The molecule has 0 fully saturated rings. The van der Waals surface area contributed by atoms with E-state index in [1.807, 2.05) is 31.2 Å². The number of nitrogens with zero attached hydrogens (tertiary/aromatic N) is 1. The summed E-state index contributed by atoms with van der Waals surface area (Å²) >= 11 is 0. The normalized spacial score (nSPS) is 11.2. The van der Waals surface area contributed by atoms with Crippen LogP contribution in [0.5, 0.6) is 5.75 Å². The first-order chi connectivity index (χ1) is 8.65. The number of hydrogen-bond donors (Lipinski definition) is 1. The molecule has 0 aliphatic carbocycles. The molecule has 0 saturated carbocycles. The van der Waals surface area contributed by atoms with Crippen LogP contribution < -0.4 is 10.2 Å². The van der Waals surface area contributed by atoms with E-state index in [1.54, 1.807) is 7.11 Å². The smallest absolute Gasteiger partial charge is 0.244 e. The maximum absolute atomic E-state index is 11.6. The molecule has 1 aromatic carbocycles. The second kappa shape index (κ2) is 7.48. The molecule has 1 aromatic rings. The molecule has 0 atom stereocenters. The lowest BCUT2D eigenvalue weighted by Gasteiger charge is -2.03. The first kappa shape index (κ1) is 14.2. The number of hydrazone groups is 1. The van der Waals surface area contributed by atoms with Crippen molar-refractivity contribution in [3.63, 3.8) is 0 Å². The average molecular weight is 248 g/mol. The lowest BCUT2D eigenvalue weighted by Crippen LogP contribution is -2.21.